The van der Waals surface area contributed by atoms with Gasteiger partial charge in [0.1, 0.15) is 9.23 Å². The van der Waals surface area contributed by atoms with Gasteiger partial charge in [0.15, 0.2) is 5.76 Å². The average molecular weight is 380 g/mol. The molecule has 0 aliphatic carbocycles. The van der Waals surface area contributed by atoms with Crippen LogP contribution in [0.25, 0.3) is 11.5 Å². The van der Waals surface area contributed by atoms with Gasteiger partial charge in [-0.05, 0) is 18.7 Å². The molecule has 130 valence electrons. The molecule has 0 bridgehead atoms. The van der Waals surface area contributed by atoms with E-state index in [4.69, 9.17) is 17.0 Å². The molecule has 2 aromatic rings. The summed E-state index contributed by atoms with van der Waals surface area (Å²) in [7, 11) is 0. The fourth-order valence-corrected chi connectivity index (χ4v) is 4.07. The van der Waals surface area contributed by atoms with Gasteiger partial charge < -0.3 is 15.0 Å². The van der Waals surface area contributed by atoms with Crippen LogP contribution in [0, 0.1) is 0 Å². The Labute approximate surface area is 161 Å². The number of nitrogens with zero attached hydrogens (tertiary/aromatic N) is 1. The van der Waals surface area contributed by atoms with Gasteiger partial charge in [-0.3, -0.25) is 4.79 Å². The molecule has 0 atom stereocenters. The van der Waals surface area contributed by atoms with Crippen molar-refractivity contribution < 1.29 is 9.53 Å². The number of rotatable bonds is 3. The zero-order valence-electron chi connectivity index (χ0n) is 14.1. The average Bonchev–Trinajstić information content (AvgIpc) is 3.22. The van der Waals surface area contributed by atoms with Crippen molar-refractivity contribution in [3.05, 3.63) is 82.6 Å². The molecule has 1 saturated heterocycles. The quantitative estimate of drug-likeness (QED) is 0.639. The number of thiocarbonyl (C=S) groups is 1. The van der Waals surface area contributed by atoms with Gasteiger partial charge in [0.25, 0.3) is 5.91 Å². The van der Waals surface area contributed by atoms with E-state index in [0.717, 1.165) is 22.6 Å². The molecule has 6 heteroatoms. The van der Waals surface area contributed by atoms with Gasteiger partial charge in [-0.2, -0.15) is 0 Å². The lowest BCUT2D eigenvalue weighted by Gasteiger charge is -2.20. The highest BCUT2D eigenvalue weighted by molar-refractivity contribution is 8.26. The molecule has 4 nitrogen and oxygen atoms in total. The second-order valence-electron chi connectivity index (χ2n) is 5.73. The van der Waals surface area contributed by atoms with Crippen LogP contribution in [-0.2, 0) is 9.53 Å². The van der Waals surface area contributed by atoms with Crippen molar-refractivity contribution in [1.29, 1.82) is 0 Å². The Hall–Kier alpha value is -2.57. The Morgan fingerprint density at radius 3 is 2.19 bits per heavy atom. The molecule has 26 heavy (non-hydrogen) atoms. The zero-order valence-corrected chi connectivity index (χ0v) is 15.7. The number of carbonyl (C=O) groups is 1. The second-order valence-corrected chi connectivity index (χ2v) is 7.42. The van der Waals surface area contributed by atoms with Crippen LogP contribution < -0.4 is 5.32 Å². The lowest BCUT2D eigenvalue weighted by atomic mass is 10.1. The summed E-state index contributed by atoms with van der Waals surface area (Å²) in [6.07, 6.45) is 0. The molecule has 2 aliphatic heterocycles. The molecule has 0 aromatic heterocycles. The topological polar surface area (TPSA) is 41.6 Å². The fourth-order valence-electron chi connectivity index (χ4n) is 3.02. The van der Waals surface area contributed by atoms with E-state index in [9.17, 15) is 4.79 Å². The molecule has 1 fully saturated rings. The van der Waals surface area contributed by atoms with Crippen molar-refractivity contribution in [2.45, 2.75) is 6.92 Å². The van der Waals surface area contributed by atoms with Gasteiger partial charge in [-0.15, -0.1) is 0 Å². The Balaban J connectivity index is 1.90. The Kier molecular flexibility index (Phi) is 4.53. The van der Waals surface area contributed by atoms with E-state index >= 15 is 0 Å². The molecular formula is C20H16N2O2S2. The minimum absolute atomic E-state index is 0.213. The fraction of sp³-hybridized carbons (Fsp3) is 0.100. The largest absolute Gasteiger partial charge is 0.437 e. The van der Waals surface area contributed by atoms with Crippen molar-refractivity contribution >= 4 is 45.7 Å². The predicted octanol–water partition coefficient (Wildman–Crippen LogP) is 4.18. The first-order chi connectivity index (χ1) is 12.7. The van der Waals surface area contributed by atoms with Gasteiger partial charge >= 0.3 is 0 Å². The van der Waals surface area contributed by atoms with E-state index < -0.39 is 0 Å². The summed E-state index contributed by atoms with van der Waals surface area (Å²) in [5.41, 5.74) is 2.95. The number of ether oxygens (including phenoxy) is 1. The summed E-state index contributed by atoms with van der Waals surface area (Å²) < 4.78 is 6.72. The number of benzene rings is 2. The lowest BCUT2D eigenvalue weighted by molar-refractivity contribution is -0.115. The smallest absolute Gasteiger partial charge is 0.269 e. The SMILES string of the molecule is CCN1C(c2ccccc2)=C(c2ccccc2)O/C1=C1\SC(=S)NC1=O. The molecule has 0 unspecified atom stereocenters. The third-order valence-corrected chi connectivity index (χ3v) is 5.34. The minimum Gasteiger partial charge on any atom is -0.437 e. The van der Waals surface area contributed by atoms with Crippen LogP contribution in [-0.4, -0.2) is 21.7 Å². The van der Waals surface area contributed by atoms with Crippen LogP contribution in [0.5, 0.6) is 0 Å². The van der Waals surface area contributed by atoms with Crippen LogP contribution in [0.4, 0.5) is 0 Å². The number of nitrogens with one attached hydrogen (secondary N) is 1. The van der Waals surface area contributed by atoms with Gasteiger partial charge in [0.05, 0.1) is 5.70 Å². The standard InChI is InChI=1S/C20H16N2O2S2/c1-2-22-15(13-9-5-3-6-10-13)16(14-11-7-4-8-12-14)24-19(22)17-18(23)21-20(25)26-17/h3-12H,2H2,1H3,(H,21,23,25)/b19-17-. The highest BCUT2D eigenvalue weighted by Crippen LogP contribution is 2.44. The number of hydrogen-bond donors (Lipinski definition) is 1. The van der Waals surface area contributed by atoms with E-state index in [-0.39, 0.29) is 5.91 Å². The summed E-state index contributed by atoms with van der Waals surface area (Å²) in [5.74, 6) is 1.06. The molecule has 1 amide bonds. The van der Waals surface area contributed by atoms with Crippen molar-refractivity contribution in [2.75, 3.05) is 6.54 Å². The Morgan fingerprint density at radius 1 is 1.04 bits per heavy atom. The monoisotopic (exact) mass is 380 g/mol. The second kappa shape index (κ2) is 6.97. The molecule has 1 N–H and O–H groups in total. The van der Waals surface area contributed by atoms with Crippen LogP contribution in [0.3, 0.4) is 0 Å². The van der Waals surface area contributed by atoms with Gasteiger partial charge in [-0.1, -0.05) is 72.9 Å². The van der Waals surface area contributed by atoms with Crippen LogP contribution >= 0.6 is 24.0 Å². The van der Waals surface area contributed by atoms with E-state index in [1.165, 1.54) is 11.8 Å². The predicted molar refractivity (Wildman–Crippen MR) is 109 cm³/mol. The third-order valence-electron chi connectivity index (χ3n) is 4.14. The van der Waals surface area contributed by atoms with Gasteiger partial charge in [0.2, 0.25) is 5.88 Å². The summed E-state index contributed by atoms with van der Waals surface area (Å²) in [5, 5.41) is 2.67. The maximum absolute atomic E-state index is 12.3. The van der Waals surface area contributed by atoms with E-state index in [2.05, 4.69) is 5.32 Å². The lowest BCUT2D eigenvalue weighted by Crippen LogP contribution is -2.22. The van der Waals surface area contributed by atoms with E-state index in [1.54, 1.807) is 0 Å². The number of hydrogen-bond acceptors (Lipinski definition) is 5. The number of carbonyl (C=O) groups excluding carboxylic acids is 1. The van der Waals surface area contributed by atoms with E-state index in [1.807, 2.05) is 72.5 Å². The van der Waals surface area contributed by atoms with Crippen LogP contribution in [0.2, 0.25) is 0 Å². The molecule has 2 aromatic carbocycles. The maximum Gasteiger partial charge on any atom is 0.269 e. The molecule has 4 rings (SSSR count). The summed E-state index contributed by atoms with van der Waals surface area (Å²) in [4.78, 5) is 14.8. The number of amides is 1. The van der Waals surface area contributed by atoms with Crippen LogP contribution in [0.15, 0.2) is 71.5 Å². The first-order valence-electron chi connectivity index (χ1n) is 8.27. The molecule has 0 saturated carbocycles. The molecule has 2 aliphatic rings. The van der Waals surface area contributed by atoms with Gasteiger partial charge in [0, 0.05) is 17.7 Å². The van der Waals surface area contributed by atoms with Crippen molar-refractivity contribution in [1.82, 2.24) is 10.2 Å². The highest BCUT2D eigenvalue weighted by Gasteiger charge is 2.37. The molecule has 0 spiro atoms. The first kappa shape index (κ1) is 16.9. The van der Waals surface area contributed by atoms with Crippen molar-refractivity contribution in [3.63, 3.8) is 0 Å². The molecule has 0 radical (unpaired) electrons. The maximum atomic E-state index is 12.3. The summed E-state index contributed by atoms with van der Waals surface area (Å²) in [6, 6.07) is 20.0. The minimum atomic E-state index is -0.213. The summed E-state index contributed by atoms with van der Waals surface area (Å²) >= 11 is 6.38. The first-order valence-corrected chi connectivity index (χ1v) is 9.49. The zero-order chi connectivity index (χ0) is 18.1. The van der Waals surface area contributed by atoms with Crippen LogP contribution in [0.1, 0.15) is 18.1 Å². The highest BCUT2D eigenvalue weighted by atomic mass is 32.2. The summed E-state index contributed by atoms with van der Waals surface area (Å²) in [6.45, 7) is 2.70. The number of thioether (sulfide) groups is 1. The molecular weight excluding hydrogens is 364 g/mol. The van der Waals surface area contributed by atoms with E-state index in [0.29, 0.717) is 21.7 Å². The van der Waals surface area contributed by atoms with Crippen molar-refractivity contribution in [3.8, 4) is 0 Å². The third kappa shape index (κ3) is 2.91. The molecule has 2 heterocycles. The van der Waals surface area contributed by atoms with Gasteiger partial charge in [-0.25, -0.2) is 0 Å². The van der Waals surface area contributed by atoms with Crippen molar-refractivity contribution in [2.24, 2.45) is 0 Å². The Bertz CT molecular complexity index is 937. The Morgan fingerprint density at radius 2 is 1.65 bits per heavy atom. The normalized spacial score (nSPS) is 19.8.